The van der Waals surface area contributed by atoms with Crippen LogP contribution in [-0.2, 0) is 38.3 Å². The number of halogens is 4. The van der Waals surface area contributed by atoms with Gasteiger partial charge in [-0.25, -0.2) is 0 Å². The molecule has 0 aliphatic heterocycles. The Balaban J connectivity index is -0.00000000400. The fraction of sp³-hybridized carbons (Fsp3) is 0. The summed E-state index contributed by atoms with van der Waals surface area (Å²) in [5, 5.41) is 2.50. The van der Waals surface area contributed by atoms with E-state index in [1.807, 2.05) is 0 Å². The van der Waals surface area contributed by atoms with Gasteiger partial charge in [0.1, 0.15) is 0 Å². The first kappa shape index (κ1) is 56.1. The summed E-state index contributed by atoms with van der Waals surface area (Å²) >= 11 is 0. The van der Waals surface area contributed by atoms with Crippen LogP contribution in [0.2, 0.25) is 0 Å². The Morgan fingerprint density at radius 1 is 0.636 bits per heavy atom. The van der Waals surface area contributed by atoms with Crippen molar-refractivity contribution >= 4 is 0 Å². The Morgan fingerprint density at radius 2 is 0.636 bits per heavy atom. The molecule has 0 aromatic rings. The maximum atomic E-state index is 9.12. The van der Waals surface area contributed by atoms with Gasteiger partial charge in [0.25, 0.3) is 0 Å². The van der Waals surface area contributed by atoms with Gasteiger partial charge in [-0.05, 0) is 18.1 Å². The van der Waals surface area contributed by atoms with E-state index in [0.717, 1.165) is 0 Å². The van der Waals surface area contributed by atoms with Crippen molar-refractivity contribution in [2.75, 3.05) is 0 Å². The van der Waals surface area contributed by atoms with Gasteiger partial charge in [-0.3, -0.25) is 0 Å². The van der Waals surface area contributed by atoms with E-state index in [1.54, 1.807) is 0 Å². The van der Waals surface area contributed by atoms with Crippen LogP contribution in [0, 0.1) is 0 Å². The van der Waals surface area contributed by atoms with E-state index in [1.165, 1.54) is 10.3 Å². The summed E-state index contributed by atoms with van der Waals surface area (Å²) in [7, 11) is 0. The Labute approximate surface area is 94.0 Å². The predicted molar refractivity (Wildman–Crippen MR) is 7.97 cm³/mol. The normalized spacial score (nSPS) is 3.27. The number of rotatable bonds is 0. The molecule has 0 amide bonds. The van der Waals surface area contributed by atoms with Crippen molar-refractivity contribution < 1.29 is 94.1 Å². The van der Waals surface area contributed by atoms with Gasteiger partial charge in [-0.1, -0.05) is 0 Å². The standard InChI is InChI=1S/2F2O.2Li.Mn.2O/c2*1-3-2;;;;;/q;;2*+1;+2;2*-2. The van der Waals surface area contributed by atoms with Crippen LogP contribution in [0.3, 0.4) is 0 Å². The molecule has 0 aromatic heterocycles. The Hall–Kier alpha value is 1.27. The molecule has 11 heavy (non-hydrogen) atoms. The minimum absolute atomic E-state index is 0. The molecular formula is F4Li2MnO4. The van der Waals surface area contributed by atoms with Crippen LogP contribution in [-0.4, -0.2) is 0 Å². The van der Waals surface area contributed by atoms with E-state index in [0.29, 0.717) is 0 Å². The fourth-order valence-corrected chi connectivity index (χ4v) is 0. The second kappa shape index (κ2) is 111. The van der Waals surface area contributed by atoms with E-state index in [2.05, 4.69) is 0 Å². The maximum absolute atomic E-state index is 9.12. The molecule has 0 saturated carbocycles. The van der Waals surface area contributed by atoms with Crippen molar-refractivity contribution in [3.63, 3.8) is 0 Å². The third-order valence-corrected chi connectivity index (χ3v) is 0. The molecule has 0 spiro atoms. The molecule has 4 nitrogen and oxygen atoms in total. The van der Waals surface area contributed by atoms with Crippen LogP contribution in [0.15, 0.2) is 0 Å². The quantitative estimate of drug-likeness (QED) is 0.297. The molecule has 0 bridgehead atoms. The summed E-state index contributed by atoms with van der Waals surface area (Å²) in [5.74, 6) is 0. The van der Waals surface area contributed by atoms with Crippen molar-refractivity contribution in [3.05, 3.63) is 0 Å². The van der Waals surface area contributed by atoms with E-state index < -0.39 is 0 Å². The van der Waals surface area contributed by atoms with Gasteiger partial charge in [0.05, 0.1) is 0 Å². The minimum atomic E-state index is 0. The van der Waals surface area contributed by atoms with Crippen LogP contribution < -0.4 is 37.7 Å². The number of hydrogen-bond donors (Lipinski definition) is 0. The summed E-state index contributed by atoms with van der Waals surface area (Å²) in [6.45, 7) is 0. The monoisotopic (exact) mass is 209 g/mol. The first-order valence-electron chi connectivity index (χ1n) is 0.617. The molecule has 0 N–H and O–H groups in total. The third kappa shape index (κ3) is 597. The Bertz CT molecular complexity index is 22.1. The molecule has 0 aromatic carbocycles. The summed E-state index contributed by atoms with van der Waals surface area (Å²) in [4.78, 5) is 0. The Morgan fingerprint density at radius 3 is 0.636 bits per heavy atom. The molecule has 0 atom stereocenters. The first-order chi connectivity index (χ1) is 2.83. The summed E-state index contributed by atoms with van der Waals surface area (Å²) in [5.41, 5.74) is 0. The van der Waals surface area contributed by atoms with Gasteiger partial charge in [-0.15, -0.1) is 0 Å². The van der Waals surface area contributed by atoms with Crippen LogP contribution >= 0.6 is 0 Å². The van der Waals surface area contributed by atoms with Gasteiger partial charge in [0.2, 0.25) is 0 Å². The van der Waals surface area contributed by atoms with E-state index in [4.69, 9.17) is 18.1 Å². The SMILES string of the molecule is FOF.FOF.[Li+].[Li+].[Mn+2].[O-2].[O-2]. The predicted octanol–water partition coefficient (Wildman–Crippen LogP) is -4.69. The van der Waals surface area contributed by atoms with Crippen molar-refractivity contribution in [1.82, 2.24) is 0 Å². The third-order valence-electron chi connectivity index (χ3n) is 0. The van der Waals surface area contributed by atoms with Crippen molar-refractivity contribution in [3.8, 4) is 0 Å². The molecule has 0 rings (SSSR count). The van der Waals surface area contributed by atoms with Crippen LogP contribution in [0.25, 0.3) is 0 Å². The van der Waals surface area contributed by atoms with Gasteiger partial charge < -0.3 is 11.0 Å². The zero-order valence-electron chi connectivity index (χ0n) is 5.52. The van der Waals surface area contributed by atoms with Crippen LogP contribution in [0.1, 0.15) is 0 Å². The zero-order valence-corrected chi connectivity index (χ0v) is 6.70. The average molecular weight is 209 g/mol. The van der Waals surface area contributed by atoms with Crippen molar-refractivity contribution in [2.45, 2.75) is 0 Å². The summed E-state index contributed by atoms with van der Waals surface area (Å²) in [6.07, 6.45) is 0. The second-order valence-corrected chi connectivity index (χ2v) is 0.117. The smallest absolute Gasteiger partial charge is 2.00 e. The fourth-order valence-electron chi connectivity index (χ4n) is 0. The molecule has 0 aliphatic rings. The van der Waals surface area contributed by atoms with Crippen molar-refractivity contribution in [2.24, 2.45) is 0 Å². The van der Waals surface area contributed by atoms with E-state index in [9.17, 15) is 0 Å². The molecule has 0 fully saturated rings. The number of hydrogen-bond acceptors (Lipinski definition) is 2. The van der Waals surface area contributed by atoms with Gasteiger partial charge in [0.15, 0.2) is 0 Å². The van der Waals surface area contributed by atoms with Gasteiger partial charge in [0, 0.05) is 10.3 Å². The summed E-state index contributed by atoms with van der Waals surface area (Å²) in [6, 6.07) is 0. The Kier molecular flexibility index (Phi) is 566. The second-order valence-electron chi connectivity index (χ2n) is 0.117. The molecule has 1 radical (unpaired) electrons. The molecule has 11 heteroatoms. The largest absolute Gasteiger partial charge is 2.00 e. The molecule has 0 saturated heterocycles. The maximum Gasteiger partial charge on any atom is 2.00 e. The zero-order chi connectivity index (χ0) is 5.41. The minimum Gasteiger partial charge on any atom is -2.00 e. The first-order valence-corrected chi connectivity index (χ1v) is 0.617. The average Bonchev–Trinajstić information content (AvgIpc) is 1.39. The van der Waals surface area contributed by atoms with E-state index in [-0.39, 0.29) is 65.7 Å². The van der Waals surface area contributed by atoms with Gasteiger partial charge in [-0.2, -0.15) is 0 Å². The van der Waals surface area contributed by atoms with Crippen LogP contribution in [0.5, 0.6) is 0 Å². The van der Waals surface area contributed by atoms with Crippen LogP contribution in [0.4, 0.5) is 18.1 Å². The molecule has 0 heterocycles. The molecular weight excluding hydrogens is 209 g/mol. The molecule has 61 valence electrons. The topological polar surface area (TPSA) is 75.5 Å². The van der Waals surface area contributed by atoms with E-state index >= 15 is 0 Å². The molecule has 0 unspecified atom stereocenters. The molecule has 0 aliphatic carbocycles. The van der Waals surface area contributed by atoms with Gasteiger partial charge >= 0.3 is 54.8 Å². The van der Waals surface area contributed by atoms with Crippen molar-refractivity contribution in [1.29, 1.82) is 0 Å². The summed E-state index contributed by atoms with van der Waals surface area (Å²) < 4.78 is 36.5.